The van der Waals surface area contributed by atoms with E-state index >= 15 is 0 Å². The SMILES string of the molecule is Cc1ncc(CC2(C(=O)O)CCCC(C)C2)s1. The van der Waals surface area contributed by atoms with E-state index in [-0.39, 0.29) is 0 Å². The molecule has 2 rings (SSSR count). The number of nitrogens with zero attached hydrogens (tertiary/aromatic N) is 1. The van der Waals surface area contributed by atoms with Gasteiger partial charge in [0.05, 0.1) is 10.4 Å². The van der Waals surface area contributed by atoms with Crippen LogP contribution in [0.3, 0.4) is 0 Å². The van der Waals surface area contributed by atoms with Gasteiger partial charge in [0.25, 0.3) is 0 Å². The maximum Gasteiger partial charge on any atom is 0.310 e. The normalized spacial score (nSPS) is 29.2. The van der Waals surface area contributed by atoms with E-state index in [1.54, 1.807) is 11.3 Å². The second-order valence-corrected chi connectivity index (χ2v) is 6.63. The number of hydrogen-bond donors (Lipinski definition) is 1. The van der Waals surface area contributed by atoms with Crippen molar-refractivity contribution in [2.24, 2.45) is 11.3 Å². The minimum Gasteiger partial charge on any atom is -0.481 e. The van der Waals surface area contributed by atoms with Crippen LogP contribution in [0.25, 0.3) is 0 Å². The van der Waals surface area contributed by atoms with Crippen molar-refractivity contribution >= 4 is 17.3 Å². The molecule has 1 heterocycles. The number of hydrogen-bond acceptors (Lipinski definition) is 3. The van der Waals surface area contributed by atoms with E-state index in [0.717, 1.165) is 35.6 Å². The number of carboxylic acids is 1. The summed E-state index contributed by atoms with van der Waals surface area (Å²) >= 11 is 1.62. The topological polar surface area (TPSA) is 50.2 Å². The molecule has 4 heteroatoms. The summed E-state index contributed by atoms with van der Waals surface area (Å²) in [6, 6.07) is 0. The standard InChI is InChI=1S/C13H19NO2S/c1-9-4-3-5-13(6-9,12(15)16)7-11-8-14-10(2)17-11/h8-9H,3-7H2,1-2H3,(H,15,16). The molecule has 2 atom stereocenters. The molecule has 94 valence electrons. The van der Waals surface area contributed by atoms with Gasteiger partial charge in [0.1, 0.15) is 0 Å². The van der Waals surface area contributed by atoms with Gasteiger partial charge in [0, 0.05) is 11.1 Å². The Morgan fingerprint density at radius 3 is 3.00 bits per heavy atom. The summed E-state index contributed by atoms with van der Waals surface area (Å²) in [4.78, 5) is 16.9. The lowest BCUT2D eigenvalue weighted by Gasteiger charge is -2.36. The van der Waals surface area contributed by atoms with Crippen LogP contribution in [0.1, 0.15) is 42.5 Å². The Bertz CT molecular complexity index is 415. The van der Waals surface area contributed by atoms with Crippen LogP contribution in [0.15, 0.2) is 6.20 Å². The summed E-state index contributed by atoms with van der Waals surface area (Å²) in [7, 11) is 0. The minimum atomic E-state index is -0.630. The molecule has 1 aliphatic carbocycles. The van der Waals surface area contributed by atoms with E-state index in [0.29, 0.717) is 12.3 Å². The maximum atomic E-state index is 11.6. The summed E-state index contributed by atoms with van der Waals surface area (Å²) in [5.41, 5.74) is -0.545. The van der Waals surface area contributed by atoms with Gasteiger partial charge in [-0.05, 0) is 32.1 Å². The fourth-order valence-electron chi connectivity index (χ4n) is 2.91. The molecule has 0 amide bonds. The van der Waals surface area contributed by atoms with Crippen molar-refractivity contribution in [1.82, 2.24) is 4.98 Å². The summed E-state index contributed by atoms with van der Waals surface area (Å²) in [5.74, 6) is -0.107. The summed E-state index contributed by atoms with van der Waals surface area (Å²) in [6.45, 7) is 4.12. The van der Waals surface area contributed by atoms with Gasteiger partial charge in [-0.2, -0.15) is 0 Å². The first-order chi connectivity index (χ1) is 8.02. The Labute approximate surface area is 106 Å². The molecule has 1 aliphatic rings. The van der Waals surface area contributed by atoms with Crippen LogP contribution in [-0.2, 0) is 11.2 Å². The molecule has 0 aromatic carbocycles. The molecule has 1 aromatic rings. The highest BCUT2D eigenvalue weighted by molar-refractivity contribution is 7.11. The zero-order valence-corrected chi connectivity index (χ0v) is 11.2. The van der Waals surface area contributed by atoms with Gasteiger partial charge in [0.15, 0.2) is 0 Å². The molecular weight excluding hydrogens is 234 g/mol. The fraction of sp³-hybridized carbons (Fsp3) is 0.692. The highest BCUT2D eigenvalue weighted by Gasteiger charge is 2.42. The second-order valence-electron chi connectivity index (χ2n) is 5.31. The van der Waals surface area contributed by atoms with Gasteiger partial charge < -0.3 is 5.11 Å². The molecule has 2 unspecified atom stereocenters. The third-order valence-corrected chi connectivity index (χ3v) is 4.64. The molecule has 1 N–H and O–H groups in total. The number of thiazole rings is 1. The van der Waals surface area contributed by atoms with Crippen molar-refractivity contribution in [3.63, 3.8) is 0 Å². The van der Waals surface area contributed by atoms with E-state index in [2.05, 4.69) is 11.9 Å². The zero-order chi connectivity index (χ0) is 12.5. The molecular formula is C13H19NO2S. The van der Waals surface area contributed by atoms with E-state index in [1.807, 2.05) is 13.1 Å². The Morgan fingerprint density at radius 2 is 2.47 bits per heavy atom. The lowest BCUT2D eigenvalue weighted by molar-refractivity contribution is -0.152. The molecule has 0 saturated heterocycles. The third kappa shape index (κ3) is 2.68. The van der Waals surface area contributed by atoms with Crippen molar-refractivity contribution in [2.75, 3.05) is 0 Å². The monoisotopic (exact) mass is 253 g/mol. The summed E-state index contributed by atoms with van der Waals surface area (Å²) in [5, 5.41) is 10.6. The predicted molar refractivity (Wildman–Crippen MR) is 68.3 cm³/mol. The van der Waals surface area contributed by atoms with Gasteiger partial charge in [-0.1, -0.05) is 19.8 Å². The van der Waals surface area contributed by atoms with Crippen molar-refractivity contribution in [3.8, 4) is 0 Å². The van der Waals surface area contributed by atoms with Crippen molar-refractivity contribution in [3.05, 3.63) is 16.1 Å². The molecule has 0 spiro atoms. The van der Waals surface area contributed by atoms with E-state index < -0.39 is 11.4 Å². The van der Waals surface area contributed by atoms with Gasteiger partial charge in [0.2, 0.25) is 0 Å². The van der Waals surface area contributed by atoms with Crippen LogP contribution < -0.4 is 0 Å². The lowest BCUT2D eigenvalue weighted by Crippen LogP contribution is -2.37. The van der Waals surface area contributed by atoms with E-state index in [4.69, 9.17) is 0 Å². The first-order valence-electron chi connectivity index (χ1n) is 6.16. The highest BCUT2D eigenvalue weighted by Crippen LogP contribution is 2.42. The molecule has 1 fully saturated rings. The van der Waals surface area contributed by atoms with Crippen LogP contribution in [-0.4, -0.2) is 16.1 Å². The van der Waals surface area contributed by atoms with Crippen LogP contribution in [0.2, 0.25) is 0 Å². The maximum absolute atomic E-state index is 11.6. The third-order valence-electron chi connectivity index (χ3n) is 3.73. The van der Waals surface area contributed by atoms with E-state index in [9.17, 15) is 9.90 Å². The quantitative estimate of drug-likeness (QED) is 0.899. The largest absolute Gasteiger partial charge is 0.481 e. The molecule has 0 aliphatic heterocycles. The molecule has 3 nitrogen and oxygen atoms in total. The average molecular weight is 253 g/mol. The summed E-state index contributed by atoms with van der Waals surface area (Å²) < 4.78 is 0. The Hall–Kier alpha value is -0.900. The first kappa shape index (κ1) is 12.6. The number of rotatable bonds is 3. The fourth-order valence-corrected chi connectivity index (χ4v) is 3.85. The lowest BCUT2D eigenvalue weighted by atomic mass is 9.68. The van der Waals surface area contributed by atoms with Gasteiger partial charge >= 0.3 is 5.97 Å². The predicted octanol–water partition coefficient (Wildman–Crippen LogP) is 3.28. The van der Waals surface area contributed by atoms with Crippen LogP contribution in [0.5, 0.6) is 0 Å². The molecule has 1 aromatic heterocycles. The van der Waals surface area contributed by atoms with Crippen molar-refractivity contribution in [2.45, 2.75) is 46.0 Å². The number of aliphatic carboxylic acids is 1. The van der Waals surface area contributed by atoms with Gasteiger partial charge in [-0.25, -0.2) is 4.98 Å². The van der Waals surface area contributed by atoms with Gasteiger partial charge in [-0.15, -0.1) is 11.3 Å². The number of carboxylic acid groups (broad SMARTS) is 1. The smallest absolute Gasteiger partial charge is 0.310 e. The van der Waals surface area contributed by atoms with Crippen molar-refractivity contribution in [1.29, 1.82) is 0 Å². The Morgan fingerprint density at radius 1 is 1.71 bits per heavy atom. The van der Waals surface area contributed by atoms with Gasteiger partial charge in [-0.3, -0.25) is 4.79 Å². The highest BCUT2D eigenvalue weighted by atomic mass is 32.1. The summed E-state index contributed by atoms with van der Waals surface area (Å²) in [6.07, 6.45) is 6.30. The molecule has 1 saturated carbocycles. The number of aromatic nitrogens is 1. The first-order valence-corrected chi connectivity index (χ1v) is 6.98. The van der Waals surface area contributed by atoms with Crippen molar-refractivity contribution < 1.29 is 9.90 Å². The Balaban J connectivity index is 2.19. The van der Waals surface area contributed by atoms with Crippen LogP contribution in [0.4, 0.5) is 0 Å². The molecule has 0 bridgehead atoms. The Kier molecular flexibility index (Phi) is 3.52. The average Bonchev–Trinajstić information content (AvgIpc) is 2.63. The number of carbonyl (C=O) groups is 1. The van der Waals surface area contributed by atoms with Crippen LogP contribution in [0, 0.1) is 18.3 Å². The van der Waals surface area contributed by atoms with E-state index in [1.165, 1.54) is 0 Å². The zero-order valence-electron chi connectivity index (χ0n) is 10.4. The number of aryl methyl sites for hydroxylation is 1. The second kappa shape index (κ2) is 4.77. The molecule has 17 heavy (non-hydrogen) atoms. The molecule has 0 radical (unpaired) electrons. The van der Waals surface area contributed by atoms with Crippen LogP contribution >= 0.6 is 11.3 Å². The minimum absolute atomic E-state index is 0.522.